The van der Waals surface area contributed by atoms with E-state index >= 15 is 0 Å². The summed E-state index contributed by atoms with van der Waals surface area (Å²) in [5.74, 6) is 1.24. The third-order valence-electron chi connectivity index (χ3n) is 3.90. The van der Waals surface area contributed by atoms with Crippen LogP contribution in [0, 0.1) is 0 Å². The summed E-state index contributed by atoms with van der Waals surface area (Å²) in [6.45, 7) is 5.37. The van der Waals surface area contributed by atoms with Crippen molar-refractivity contribution < 1.29 is 14.3 Å². The van der Waals surface area contributed by atoms with Gasteiger partial charge < -0.3 is 14.8 Å². The molecule has 0 bridgehead atoms. The Balaban J connectivity index is 1.80. The fraction of sp³-hybridized carbons (Fsp3) is 0.316. The summed E-state index contributed by atoms with van der Waals surface area (Å²) in [6.07, 6.45) is 0.786. The standard InChI is InChI=1S/C19H20ClNO3/c1-12(2)13-4-6-15(7-5-13)21-19(22)14-10-16(20)18-17(11-14)23-8-3-9-24-18/h4-7,10-12H,3,8-9H2,1-2H3,(H,21,22). The summed E-state index contributed by atoms with van der Waals surface area (Å²) in [4.78, 5) is 12.5. The average molecular weight is 346 g/mol. The summed E-state index contributed by atoms with van der Waals surface area (Å²) >= 11 is 6.24. The summed E-state index contributed by atoms with van der Waals surface area (Å²) in [6, 6.07) is 11.1. The molecule has 0 fully saturated rings. The molecule has 0 saturated heterocycles. The van der Waals surface area contributed by atoms with E-state index in [-0.39, 0.29) is 5.91 Å². The van der Waals surface area contributed by atoms with Crippen LogP contribution < -0.4 is 14.8 Å². The van der Waals surface area contributed by atoms with E-state index < -0.39 is 0 Å². The number of amides is 1. The third kappa shape index (κ3) is 3.65. The van der Waals surface area contributed by atoms with Gasteiger partial charge in [0.05, 0.1) is 18.2 Å². The summed E-state index contributed by atoms with van der Waals surface area (Å²) in [5, 5.41) is 3.26. The minimum absolute atomic E-state index is 0.232. The van der Waals surface area contributed by atoms with Crippen LogP contribution in [0.15, 0.2) is 36.4 Å². The van der Waals surface area contributed by atoms with Crippen molar-refractivity contribution in [3.05, 3.63) is 52.5 Å². The first-order valence-corrected chi connectivity index (χ1v) is 8.43. The summed E-state index contributed by atoms with van der Waals surface area (Å²) in [7, 11) is 0. The molecule has 1 amide bonds. The van der Waals surface area contributed by atoms with Gasteiger partial charge in [0.1, 0.15) is 0 Å². The van der Waals surface area contributed by atoms with Crippen LogP contribution in [0.3, 0.4) is 0 Å². The Morgan fingerprint density at radius 1 is 1.12 bits per heavy atom. The lowest BCUT2D eigenvalue weighted by atomic mass is 10.0. The fourth-order valence-electron chi connectivity index (χ4n) is 2.52. The molecule has 3 rings (SSSR count). The molecule has 0 spiro atoms. The molecule has 0 atom stereocenters. The number of hydrogen-bond donors (Lipinski definition) is 1. The number of anilines is 1. The smallest absolute Gasteiger partial charge is 0.255 e. The Kier molecular flexibility index (Phi) is 4.95. The monoisotopic (exact) mass is 345 g/mol. The molecule has 1 heterocycles. The maximum Gasteiger partial charge on any atom is 0.255 e. The number of rotatable bonds is 3. The lowest BCUT2D eigenvalue weighted by Gasteiger charge is -2.12. The first-order valence-electron chi connectivity index (χ1n) is 8.05. The highest BCUT2D eigenvalue weighted by Gasteiger charge is 2.18. The SMILES string of the molecule is CC(C)c1ccc(NC(=O)c2cc(Cl)c3c(c2)OCCCO3)cc1. The predicted octanol–water partition coefficient (Wildman–Crippen LogP) is 4.88. The van der Waals surface area contributed by atoms with Crippen LogP contribution in [-0.2, 0) is 0 Å². The van der Waals surface area contributed by atoms with Crippen LogP contribution in [0.25, 0.3) is 0 Å². The molecule has 0 saturated carbocycles. The zero-order valence-corrected chi connectivity index (χ0v) is 14.5. The third-order valence-corrected chi connectivity index (χ3v) is 4.18. The highest BCUT2D eigenvalue weighted by atomic mass is 35.5. The second-order valence-electron chi connectivity index (χ2n) is 6.07. The Morgan fingerprint density at radius 3 is 2.54 bits per heavy atom. The van der Waals surface area contributed by atoms with Gasteiger partial charge in [-0.2, -0.15) is 0 Å². The number of hydrogen-bond acceptors (Lipinski definition) is 3. The molecule has 2 aromatic carbocycles. The minimum atomic E-state index is -0.232. The van der Waals surface area contributed by atoms with Crippen LogP contribution in [0.2, 0.25) is 5.02 Å². The van der Waals surface area contributed by atoms with Crippen molar-refractivity contribution in [2.45, 2.75) is 26.2 Å². The average Bonchev–Trinajstić information content (AvgIpc) is 2.81. The van der Waals surface area contributed by atoms with Gasteiger partial charge in [0, 0.05) is 17.7 Å². The molecule has 1 aliphatic rings. The molecule has 0 aliphatic carbocycles. The van der Waals surface area contributed by atoms with E-state index in [1.807, 2.05) is 24.3 Å². The van der Waals surface area contributed by atoms with Gasteiger partial charge >= 0.3 is 0 Å². The Morgan fingerprint density at radius 2 is 1.83 bits per heavy atom. The van der Waals surface area contributed by atoms with Crippen molar-refractivity contribution in [1.82, 2.24) is 0 Å². The van der Waals surface area contributed by atoms with Crippen molar-refractivity contribution in [2.75, 3.05) is 18.5 Å². The normalized spacial score (nSPS) is 13.5. The molecule has 2 aromatic rings. The van der Waals surface area contributed by atoms with Gasteiger partial charge in [-0.05, 0) is 35.7 Å². The van der Waals surface area contributed by atoms with Gasteiger partial charge in [0.25, 0.3) is 5.91 Å². The van der Waals surface area contributed by atoms with E-state index in [0.717, 1.165) is 12.1 Å². The molecular weight excluding hydrogens is 326 g/mol. The molecule has 5 heteroatoms. The Labute approximate surface area is 146 Å². The first-order chi connectivity index (χ1) is 11.5. The van der Waals surface area contributed by atoms with Crippen LogP contribution in [-0.4, -0.2) is 19.1 Å². The van der Waals surface area contributed by atoms with E-state index in [9.17, 15) is 4.79 Å². The van der Waals surface area contributed by atoms with Crippen LogP contribution in [0.4, 0.5) is 5.69 Å². The van der Waals surface area contributed by atoms with Gasteiger partial charge in [-0.3, -0.25) is 4.79 Å². The molecule has 0 unspecified atom stereocenters. The van der Waals surface area contributed by atoms with Gasteiger partial charge in [-0.15, -0.1) is 0 Å². The molecule has 24 heavy (non-hydrogen) atoms. The van der Waals surface area contributed by atoms with Crippen LogP contribution in [0.1, 0.15) is 42.1 Å². The molecule has 1 aliphatic heterocycles. The van der Waals surface area contributed by atoms with Crippen molar-refractivity contribution in [2.24, 2.45) is 0 Å². The first kappa shape index (κ1) is 16.7. The summed E-state index contributed by atoms with van der Waals surface area (Å²) < 4.78 is 11.2. The van der Waals surface area contributed by atoms with Crippen molar-refractivity contribution >= 4 is 23.2 Å². The quantitative estimate of drug-likeness (QED) is 0.862. The van der Waals surface area contributed by atoms with Crippen LogP contribution >= 0.6 is 11.6 Å². The number of carbonyl (C=O) groups is 1. The second kappa shape index (κ2) is 7.14. The maximum atomic E-state index is 12.5. The van der Waals surface area contributed by atoms with E-state index in [1.54, 1.807) is 12.1 Å². The zero-order chi connectivity index (χ0) is 17.1. The minimum Gasteiger partial charge on any atom is -0.489 e. The van der Waals surface area contributed by atoms with Crippen LogP contribution in [0.5, 0.6) is 11.5 Å². The number of ether oxygens (including phenoxy) is 2. The number of fused-ring (bicyclic) bond motifs is 1. The molecule has 0 radical (unpaired) electrons. The fourth-order valence-corrected chi connectivity index (χ4v) is 2.78. The Bertz CT molecular complexity index is 741. The lowest BCUT2D eigenvalue weighted by molar-refractivity contribution is 0.102. The van der Waals surface area contributed by atoms with E-state index in [4.69, 9.17) is 21.1 Å². The largest absolute Gasteiger partial charge is 0.489 e. The van der Waals surface area contributed by atoms with Gasteiger partial charge in [-0.1, -0.05) is 37.6 Å². The summed E-state index contributed by atoms with van der Waals surface area (Å²) in [5.41, 5.74) is 2.41. The number of halogens is 1. The number of carbonyl (C=O) groups excluding carboxylic acids is 1. The van der Waals surface area contributed by atoms with E-state index in [0.29, 0.717) is 41.2 Å². The van der Waals surface area contributed by atoms with Crippen molar-refractivity contribution in [3.8, 4) is 11.5 Å². The highest BCUT2D eigenvalue weighted by Crippen LogP contribution is 2.38. The van der Waals surface area contributed by atoms with E-state index in [2.05, 4.69) is 19.2 Å². The van der Waals surface area contributed by atoms with Gasteiger partial charge in [0.15, 0.2) is 11.5 Å². The topological polar surface area (TPSA) is 47.6 Å². The predicted molar refractivity (Wildman–Crippen MR) is 95.5 cm³/mol. The second-order valence-corrected chi connectivity index (χ2v) is 6.47. The lowest BCUT2D eigenvalue weighted by Crippen LogP contribution is -2.12. The number of nitrogens with one attached hydrogen (secondary N) is 1. The molecule has 1 N–H and O–H groups in total. The molecule has 4 nitrogen and oxygen atoms in total. The molecule has 126 valence electrons. The van der Waals surface area contributed by atoms with Crippen molar-refractivity contribution in [3.63, 3.8) is 0 Å². The number of benzene rings is 2. The maximum absolute atomic E-state index is 12.5. The Hall–Kier alpha value is -2.20. The molecule has 0 aromatic heterocycles. The van der Waals surface area contributed by atoms with Crippen molar-refractivity contribution in [1.29, 1.82) is 0 Å². The zero-order valence-electron chi connectivity index (χ0n) is 13.8. The van der Waals surface area contributed by atoms with Gasteiger partial charge in [-0.25, -0.2) is 0 Å². The molecular formula is C19H20ClNO3. The van der Waals surface area contributed by atoms with Gasteiger partial charge in [0.2, 0.25) is 0 Å². The van der Waals surface area contributed by atoms with E-state index in [1.165, 1.54) is 5.56 Å². The highest BCUT2D eigenvalue weighted by molar-refractivity contribution is 6.32.